The van der Waals surface area contributed by atoms with Gasteiger partial charge in [-0.25, -0.2) is 8.42 Å². The largest absolute Gasteiger partial charge is 0.665 e. The Morgan fingerprint density at radius 1 is 1.12 bits per heavy atom. The summed E-state index contributed by atoms with van der Waals surface area (Å²) in [7, 11) is -2.93. The van der Waals surface area contributed by atoms with Gasteiger partial charge in [-0.2, -0.15) is 0 Å². The van der Waals surface area contributed by atoms with Gasteiger partial charge in [-0.3, -0.25) is 0 Å². The molecule has 0 saturated carbocycles. The molecule has 0 aromatic rings. The van der Waals surface area contributed by atoms with Crippen LogP contribution in [0.4, 0.5) is 0 Å². The maximum Gasteiger partial charge on any atom is 0.149 e. The fourth-order valence-electron chi connectivity index (χ4n) is 0.597. The van der Waals surface area contributed by atoms with Gasteiger partial charge in [-0.1, -0.05) is 6.47 Å². The van der Waals surface area contributed by atoms with Crippen molar-refractivity contribution in [1.29, 1.82) is 0 Å². The Balaban J connectivity index is -0.000000440. The molecule has 0 aliphatic heterocycles. The Morgan fingerprint density at radius 2 is 1.53 bits per heavy atom. The maximum absolute atomic E-state index is 10.6. The maximum atomic E-state index is 10.6. The van der Waals surface area contributed by atoms with E-state index in [4.69, 9.17) is 24.5 Å². The van der Waals surface area contributed by atoms with Crippen LogP contribution in [0.25, 0.3) is 0 Å². The summed E-state index contributed by atoms with van der Waals surface area (Å²) in [6.07, 6.45) is 1.17. The summed E-state index contributed by atoms with van der Waals surface area (Å²) in [5.41, 5.74) is 0. The molecule has 1 radical (unpaired) electrons. The van der Waals surface area contributed by atoms with E-state index in [1.165, 1.54) is 6.26 Å². The smallest absolute Gasteiger partial charge is 0.149 e. The third kappa shape index (κ3) is 31.4. The van der Waals surface area contributed by atoms with Gasteiger partial charge >= 0.3 is 0 Å². The van der Waals surface area contributed by atoms with E-state index in [1.54, 1.807) is 0 Å². The summed E-state index contributed by atoms with van der Waals surface area (Å²) >= 11 is 0. The molecular formula is C8H17O7SY-. The van der Waals surface area contributed by atoms with E-state index in [-0.39, 0.29) is 58.3 Å². The fourth-order valence-corrected chi connectivity index (χ4v) is 1.02. The molecule has 0 aromatic heterocycles. The zero-order valence-electron chi connectivity index (χ0n) is 9.66. The van der Waals surface area contributed by atoms with Crippen LogP contribution in [0.15, 0.2) is 0 Å². The van der Waals surface area contributed by atoms with Crippen molar-refractivity contribution in [2.75, 3.05) is 45.0 Å². The molecule has 2 N–H and O–H groups in total. The van der Waals surface area contributed by atoms with Crippen molar-refractivity contribution in [1.82, 2.24) is 0 Å². The summed E-state index contributed by atoms with van der Waals surface area (Å²) in [4.78, 5) is 8.24. The summed E-state index contributed by atoms with van der Waals surface area (Å²) < 4.78 is 31.1. The molecule has 0 bridgehead atoms. The minimum atomic E-state index is -2.93. The van der Waals surface area contributed by atoms with E-state index in [0.717, 1.165) is 0 Å². The zero-order valence-corrected chi connectivity index (χ0v) is 13.3. The first-order chi connectivity index (χ1) is 7.47. The molecule has 101 valence electrons. The number of aliphatic hydroxyl groups is 1. The number of sulfone groups is 1. The van der Waals surface area contributed by atoms with Gasteiger partial charge in [0.2, 0.25) is 0 Å². The first-order valence-corrected chi connectivity index (χ1v) is 6.49. The van der Waals surface area contributed by atoms with E-state index >= 15 is 0 Å². The van der Waals surface area contributed by atoms with Crippen LogP contribution in [-0.4, -0.2) is 70.1 Å². The van der Waals surface area contributed by atoms with E-state index in [0.29, 0.717) is 19.7 Å². The van der Waals surface area contributed by atoms with Crippen molar-refractivity contribution in [2.24, 2.45) is 0 Å². The predicted molar refractivity (Wildman–Crippen MR) is 56.8 cm³/mol. The summed E-state index contributed by atoms with van der Waals surface area (Å²) in [6.45, 7) is 1.71. The normalized spacial score (nSPS) is 9.76. The predicted octanol–water partition coefficient (Wildman–Crippen LogP) is -1.33. The van der Waals surface area contributed by atoms with Crippen LogP contribution in [0.3, 0.4) is 0 Å². The molecule has 0 saturated heterocycles. The summed E-state index contributed by atoms with van der Waals surface area (Å²) in [5, 5.41) is 15.1. The first-order valence-electron chi connectivity index (χ1n) is 4.43. The SMILES string of the molecule is CS(=O)(=O)CCOCCOCCO.O=[C-]O.[Y]. The molecule has 0 amide bonds. The van der Waals surface area contributed by atoms with Crippen LogP contribution in [0.2, 0.25) is 0 Å². The van der Waals surface area contributed by atoms with Crippen molar-refractivity contribution in [2.45, 2.75) is 0 Å². The van der Waals surface area contributed by atoms with Crippen molar-refractivity contribution in [3.05, 3.63) is 0 Å². The second kappa shape index (κ2) is 16.4. The molecule has 9 heteroatoms. The molecule has 0 aliphatic carbocycles. The summed E-state index contributed by atoms with van der Waals surface area (Å²) in [6, 6.07) is 0. The molecule has 0 atom stereocenters. The Hall–Kier alpha value is 0.404. The summed E-state index contributed by atoms with van der Waals surface area (Å²) in [5.74, 6) is 0.0347. The Kier molecular flexibility index (Phi) is 21.8. The van der Waals surface area contributed by atoms with Crippen LogP contribution in [0.5, 0.6) is 0 Å². The Bertz CT molecular complexity index is 242. The van der Waals surface area contributed by atoms with Crippen LogP contribution >= 0.6 is 0 Å². The number of hydrogen-bond donors (Lipinski definition) is 2. The van der Waals surface area contributed by atoms with Gasteiger partial charge in [0.15, 0.2) is 0 Å². The van der Waals surface area contributed by atoms with Gasteiger partial charge in [-0.15, -0.1) is 0 Å². The molecule has 0 spiro atoms. The minimum absolute atomic E-state index is 0. The first kappa shape index (κ1) is 22.6. The third-order valence-corrected chi connectivity index (χ3v) is 2.11. The van der Waals surface area contributed by atoms with Crippen molar-refractivity contribution in [3.8, 4) is 0 Å². The standard InChI is InChI=1S/C7H16O5S.CHO2.Y/c1-13(9,10)7-6-12-5-4-11-3-2-8;2-1-3;/h8H,2-7H2,1H3;(H,2,3);/q;-1;. The Morgan fingerprint density at radius 3 is 1.88 bits per heavy atom. The number of rotatable bonds is 8. The molecule has 0 unspecified atom stereocenters. The van der Waals surface area contributed by atoms with Crippen LogP contribution in [-0.2, 0) is 56.8 Å². The molecular weight excluding hydrogens is 329 g/mol. The third-order valence-electron chi connectivity index (χ3n) is 1.21. The van der Waals surface area contributed by atoms with Crippen molar-refractivity contribution >= 4 is 16.3 Å². The van der Waals surface area contributed by atoms with Crippen LogP contribution < -0.4 is 0 Å². The van der Waals surface area contributed by atoms with Crippen LogP contribution in [0, 0.1) is 0 Å². The molecule has 0 rings (SSSR count). The number of hydrogen-bond acceptors (Lipinski definition) is 6. The monoisotopic (exact) mass is 346 g/mol. The quantitative estimate of drug-likeness (QED) is 0.414. The van der Waals surface area contributed by atoms with E-state index < -0.39 is 9.84 Å². The fraction of sp³-hybridized carbons (Fsp3) is 0.875. The second-order valence-electron chi connectivity index (χ2n) is 2.67. The van der Waals surface area contributed by atoms with Crippen molar-refractivity contribution < 1.29 is 65.6 Å². The second-order valence-corrected chi connectivity index (χ2v) is 4.93. The average Bonchev–Trinajstić information content (AvgIpc) is 2.16. The molecule has 7 nitrogen and oxygen atoms in total. The molecule has 0 fully saturated rings. The van der Waals surface area contributed by atoms with E-state index in [2.05, 4.69) is 0 Å². The number of aliphatic hydroxyl groups excluding tert-OH is 2. The Labute approximate surface area is 126 Å². The van der Waals surface area contributed by atoms with Crippen molar-refractivity contribution in [3.63, 3.8) is 0 Å². The van der Waals surface area contributed by atoms with Gasteiger partial charge in [0.1, 0.15) is 9.84 Å². The molecule has 0 heterocycles. The van der Waals surface area contributed by atoms with Gasteiger partial charge in [0.25, 0.3) is 0 Å². The minimum Gasteiger partial charge on any atom is -0.665 e. The van der Waals surface area contributed by atoms with Gasteiger partial charge in [0, 0.05) is 39.0 Å². The van der Waals surface area contributed by atoms with E-state index in [1.807, 2.05) is 0 Å². The molecule has 0 aromatic carbocycles. The molecule has 0 aliphatic rings. The van der Waals surface area contributed by atoms with Gasteiger partial charge in [-0.05, 0) is 0 Å². The van der Waals surface area contributed by atoms with Gasteiger partial charge in [0.05, 0.1) is 38.8 Å². The average molecular weight is 346 g/mol. The topological polar surface area (TPSA) is 110 Å². The molecule has 17 heavy (non-hydrogen) atoms. The number of ether oxygens (including phenoxy) is 2. The zero-order chi connectivity index (χ0) is 12.9. The van der Waals surface area contributed by atoms with E-state index in [9.17, 15) is 8.42 Å². The van der Waals surface area contributed by atoms with Crippen LogP contribution in [0.1, 0.15) is 0 Å². The van der Waals surface area contributed by atoms with Gasteiger partial charge < -0.3 is 24.5 Å².